The summed E-state index contributed by atoms with van der Waals surface area (Å²) in [7, 11) is 1.34. The van der Waals surface area contributed by atoms with Gasteiger partial charge in [-0.15, -0.1) is 0 Å². The predicted octanol–water partition coefficient (Wildman–Crippen LogP) is 2.75. The molecule has 0 fully saturated rings. The van der Waals surface area contributed by atoms with Crippen molar-refractivity contribution in [2.75, 3.05) is 24.7 Å². The highest BCUT2D eigenvalue weighted by atomic mass is 32.1. The molecule has 0 aromatic carbocycles. The molecule has 3 N–H and O–H groups in total. The van der Waals surface area contributed by atoms with Gasteiger partial charge in [0, 0.05) is 6.54 Å². The first-order chi connectivity index (χ1) is 8.56. The molecule has 0 saturated heterocycles. The fraction of sp³-hybridized carbons (Fsp3) is 0.667. The van der Waals surface area contributed by atoms with Gasteiger partial charge < -0.3 is 15.8 Å². The van der Waals surface area contributed by atoms with Gasteiger partial charge in [0.2, 0.25) is 0 Å². The number of ether oxygens (including phenoxy) is 1. The van der Waals surface area contributed by atoms with E-state index in [1.807, 2.05) is 0 Å². The van der Waals surface area contributed by atoms with E-state index >= 15 is 0 Å². The van der Waals surface area contributed by atoms with Crippen LogP contribution < -0.4 is 11.1 Å². The Morgan fingerprint density at radius 2 is 2.22 bits per heavy atom. The van der Waals surface area contributed by atoms with Crippen LogP contribution in [0.5, 0.6) is 0 Å². The number of unbranched alkanes of at least 4 members (excludes halogenated alkanes) is 1. The van der Waals surface area contributed by atoms with Crippen LogP contribution in [-0.4, -0.2) is 24.0 Å². The SMILES string of the molecule is COC(=O)c1c(N)nsc1NCCCCC(C)C. The van der Waals surface area contributed by atoms with Gasteiger partial charge in [-0.3, -0.25) is 0 Å². The zero-order chi connectivity index (χ0) is 13.5. The summed E-state index contributed by atoms with van der Waals surface area (Å²) in [4.78, 5) is 11.5. The van der Waals surface area contributed by atoms with Gasteiger partial charge in [-0.1, -0.05) is 26.7 Å². The number of rotatable bonds is 7. The maximum Gasteiger partial charge on any atom is 0.344 e. The summed E-state index contributed by atoms with van der Waals surface area (Å²) in [6.45, 7) is 5.25. The molecule has 1 rings (SSSR count). The van der Waals surface area contributed by atoms with Gasteiger partial charge in [-0.05, 0) is 23.9 Å². The number of anilines is 2. The second kappa shape index (κ2) is 7.20. The van der Waals surface area contributed by atoms with E-state index in [2.05, 4.69) is 28.3 Å². The van der Waals surface area contributed by atoms with Crippen LogP contribution >= 0.6 is 11.5 Å². The van der Waals surface area contributed by atoms with Crippen LogP contribution in [0.2, 0.25) is 0 Å². The molecule has 5 nitrogen and oxygen atoms in total. The molecule has 1 aromatic rings. The third-order valence-corrected chi connectivity index (χ3v) is 3.42. The number of nitrogen functional groups attached to an aromatic ring is 1. The number of esters is 1. The molecule has 0 amide bonds. The largest absolute Gasteiger partial charge is 0.465 e. The monoisotopic (exact) mass is 271 g/mol. The van der Waals surface area contributed by atoms with E-state index in [9.17, 15) is 4.79 Å². The highest BCUT2D eigenvalue weighted by Gasteiger charge is 2.19. The first kappa shape index (κ1) is 14.8. The number of carbonyl (C=O) groups excluding carboxylic acids is 1. The van der Waals surface area contributed by atoms with Gasteiger partial charge in [0.05, 0.1) is 7.11 Å². The fourth-order valence-corrected chi connectivity index (χ4v) is 2.33. The molecule has 0 aliphatic carbocycles. The lowest BCUT2D eigenvalue weighted by Crippen LogP contribution is -2.09. The molecule has 1 aromatic heterocycles. The van der Waals surface area contributed by atoms with Gasteiger partial charge >= 0.3 is 5.97 Å². The zero-order valence-electron chi connectivity index (χ0n) is 11.2. The summed E-state index contributed by atoms with van der Waals surface area (Å²) in [5, 5.41) is 3.90. The van der Waals surface area contributed by atoms with Crippen LogP contribution in [0.15, 0.2) is 0 Å². The molecule has 0 spiro atoms. The van der Waals surface area contributed by atoms with Crippen molar-refractivity contribution in [3.8, 4) is 0 Å². The summed E-state index contributed by atoms with van der Waals surface area (Å²) in [5.41, 5.74) is 6.00. The van der Waals surface area contributed by atoms with E-state index in [0.29, 0.717) is 10.6 Å². The number of methoxy groups -OCH3 is 1. The average molecular weight is 271 g/mol. The predicted molar refractivity (Wildman–Crippen MR) is 75.0 cm³/mol. The minimum absolute atomic E-state index is 0.233. The van der Waals surface area contributed by atoms with Crippen molar-refractivity contribution in [3.63, 3.8) is 0 Å². The highest BCUT2D eigenvalue weighted by molar-refractivity contribution is 7.11. The van der Waals surface area contributed by atoms with Crippen molar-refractivity contribution in [1.29, 1.82) is 0 Å². The summed E-state index contributed by atoms with van der Waals surface area (Å²) in [6.07, 6.45) is 3.46. The lowest BCUT2D eigenvalue weighted by molar-refractivity contribution is 0.0603. The number of nitrogens with one attached hydrogen (secondary N) is 1. The topological polar surface area (TPSA) is 77.2 Å². The molecule has 0 aliphatic rings. The summed E-state index contributed by atoms with van der Waals surface area (Å²) in [5.74, 6) is 0.525. The maximum absolute atomic E-state index is 11.5. The number of carbonyl (C=O) groups is 1. The van der Waals surface area contributed by atoms with Crippen molar-refractivity contribution in [1.82, 2.24) is 4.37 Å². The maximum atomic E-state index is 11.5. The quantitative estimate of drug-likeness (QED) is 0.589. The Labute approximate surface area is 112 Å². The molecule has 0 bridgehead atoms. The van der Waals surface area contributed by atoms with Gasteiger partial charge in [0.15, 0.2) is 5.82 Å². The zero-order valence-corrected chi connectivity index (χ0v) is 12.0. The number of nitrogens with two attached hydrogens (primary N) is 1. The number of nitrogens with zero attached hydrogens (tertiary/aromatic N) is 1. The Morgan fingerprint density at radius 1 is 1.50 bits per heavy atom. The number of hydrogen-bond donors (Lipinski definition) is 2. The lowest BCUT2D eigenvalue weighted by Gasteiger charge is -2.07. The third-order valence-electron chi connectivity index (χ3n) is 2.60. The molecule has 0 aliphatic heterocycles. The van der Waals surface area contributed by atoms with E-state index in [-0.39, 0.29) is 5.82 Å². The smallest absolute Gasteiger partial charge is 0.344 e. The molecular weight excluding hydrogens is 250 g/mol. The van der Waals surface area contributed by atoms with Crippen LogP contribution in [0.1, 0.15) is 43.5 Å². The Balaban J connectivity index is 2.45. The highest BCUT2D eigenvalue weighted by Crippen LogP contribution is 2.27. The first-order valence-electron chi connectivity index (χ1n) is 6.13. The molecule has 0 atom stereocenters. The van der Waals surface area contributed by atoms with Crippen LogP contribution in [-0.2, 0) is 4.74 Å². The van der Waals surface area contributed by atoms with E-state index in [0.717, 1.165) is 18.9 Å². The molecule has 6 heteroatoms. The normalized spacial score (nSPS) is 10.7. The van der Waals surface area contributed by atoms with Crippen LogP contribution in [0.25, 0.3) is 0 Å². The Bertz CT molecular complexity index is 391. The minimum atomic E-state index is -0.439. The van der Waals surface area contributed by atoms with Crippen molar-refractivity contribution >= 4 is 28.3 Å². The second-order valence-electron chi connectivity index (χ2n) is 4.58. The van der Waals surface area contributed by atoms with Crippen molar-refractivity contribution < 1.29 is 9.53 Å². The second-order valence-corrected chi connectivity index (χ2v) is 5.35. The Kier molecular flexibility index (Phi) is 5.91. The first-order valence-corrected chi connectivity index (χ1v) is 6.91. The average Bonchev–Trinajstić information content (AvgIpc) is 2.69. The van der Waals surface area contributed by atoms with Gasteiger partial charge in [-0.2, -0.15) is 4.37 Å². The number of hydrogen-bond acceptors (Lipinski definition) is 6. The molecule has 18 heavy (non-hydrogen) atoms. The van der Waals surface area contributed by atoms with Crippen LogP contribution in [0.4, 0.5) is 10.8 Å². The van der Waals surface area contributed by atoms with Crippen molar-refractivity contribution in [2.45, 2.75) is 33.1 Å². The number of aromatic nitrogens is 1. The van der Waals surface area contributed by atoms with E-state index in [4.69, 9.17) is 5.73 Å². The van der Waals surface area contributed by atoms with Crippen LogP contribution in [0, 0.1) is 5.92 Å². The van der Waals surface area contributed by atoms with Crippen molar-refractivity contribution in [2.24, 2.45) is 5.92 Å². The summed E-state index contributed by atoms with van der Waals surface area (Å²) >= 11 is 1.20. The summed E-state index contributed by atoms with van der Waals surface area (Å²) < 4.78 is 8.65. The van der Waals surface area contributed by atoms with Gasteiger partial charge in [-0.25, -0.2) is 4.79 Å². The molecule has 0 radical (unpaired) electrons. The molecule has 102 valence electrons. The minimum Gasteiger partial charge on any atom is -0.465 e. The van der Waals surface area contributed by atoms with E-state index in [1.165, 1.54) is 31.5 Å². The molecule has 0 unspecified atom stereocenters. The van der Waals surface area contributed by atoms with E-state index < -0.39 is 5.97 Å². The third kappa shape index (κ3) is 4.18. The fourth-order valence-electron chi connectivity index (χ4n) is 1.60. The molecule has 0 saturated carbocycles. The van der Waals surface area contributed by atoms with Gasteiger partial charge in [0.1, 0.15) is 10.6 Å². The Hall–Kier alpha value is -1.30. The molecule has 1 heterocycles. The Morgan fingerprint density at radius 3 is 2.83 bits per heavy atom. The van der Waals surface area contributed by atoms with Crippen LogP contribution in [0.3, 0.4) is 0 Å². The van der Waals surface area contributed by atoms with Crippen molar-refractivity contribution in [3.05, 3.63) is 5.56 Å². The van der Waals surface area contributed by atoms with E-state index in [1.54, 1.807) is 0 Å². The standard InChI is InChI=1S/C12H21N3O2S/c1-8(2)6-4-5-7-14-11-9(12(16)17-3)10(13)15-18-11/h8,14H,4-7H2,1-3H3,(H2,13,15). The molecular formula is C12H21N3O2S. The summed E-state index contributed by atoms with van der Waals surface area (Å²) in [6, 6.07) is 0. The lowest BCUT2D eigenvalue weighted by atomic mass is 10.1. The van der Waals surface area contributed by atoms with Gasteiger partial charge in [0.25, 0.3) is 0 Å².